The summed E-state index contributed by atoms with van der Waals surface area (Å²) in [6.45, 7) is 1.28. The van der Waals surface area contributed by atoms with Gasteiger partial charge in [0.05, 0.1) is 18.8 Å². The van der Waals surface area contributed by atoms with Gasteiger partial charge in [-0.2, -0.15) is 13.2 Å². The highest BCUT2D eigenvalue weighted by atomic mass is 19.4. The molecule has 0 N–H and O–H groups in total. The van der Waals surface area contributed by atoms with Gasteiger partial charge in [-0.05, 0) is 12.5 Å². The molecule has 1 aliphatic rings. The van der Waals surface area contributed by atoms with Gasteiger partial charge in [-0.1, -0.05) is 0 Å². The monoisotopic (exact) mass is 277 g/mol. The van der Waals surface area contributed by atoms with Crippen LogP contribution in [0, 0.1) is 0 Å². The van der Waals surface area contributed by atoms with E-state index in [1.54, 1.807) is 0 Å². The number of rotatable bonds is 3. The van der Waals surface area contributed by atoms with Crippen LogP contribution in [-0.4, -0.2) is 24.1 Å². The van der Waals surface area contributed by atoms with E-state index in [1.807, 2.05) is 0 Å². The van der Waals surface area contributed by atoms with Crippen molar-refractivity contribution in [3.63, 3.8) is 0 Å². The van der Waals surface area contributed by atoms with Crippen molar-refractivity contribution < 1.29 is 22.6 Å². The molecule has 2 rings (SSSR count). The zero-order chi connectivity index (χ0) is 13.9. The summed E-state index contributed by atoms with van der Waals surface area (Å²) < 4.78 is 49.2. The van der Waals surface area contributed by atoms with Crippen LogP contribution in [0.4, 0.5) is 13.2 Å². The Hall–Kier alpha value is -1.34. The van der Waals surface area contributed by atoms with Crippen molar-refractivity contribution in [3.05, 3.63) is 34.2 Å². The Labute approximate surface area is 107 Å². The second kappa shape index (κ2) is 5.75. The minimum atomic E-state index is -4.45. The molecule has 0 aliphatic carbocycles. The van der Waals surface area contributed by atoms with Crippen molar-refractivity contribution in [1.82, 2.24) is 4.57 Å². The Kier molecular flexibility index (Phi) is 4.26. The topological polar surface area (TPSA) is 40.5 Å². The zero-order valence-electron chi connectivity index (χ0n) is 10.2. The highest BCUT2D eigenvalue weighted by Gasteiger charge is 2.31. The van der Waals surface area contributed by atoms with Crippen molar-refractivity contribution in [2.75, 3.05) is 13.2 Å². The number of aryl methyl sites for hydroxylation is 1. The maximum atomic E-state index is 12.5. The molecule has 1 saturated heterocycles. The molecule has 0 spiro atoms. The molecule has 1 aliphatic heterocycles. The number of pyridine rings is 1. The maximum absolute atomic E-state index is 12.5. The Balaban J connectivity index is 2.04. The Morgan fingerprint density at radius 3 is 2.58 bits per heavy atom. The third kappa shape index (κ3) is 3.81. The van der Waals surface area contributed by atoms with E-state index in [9.17, 15) is 18.0 Å². The summed E-state index contributed by atoms with van der Waals surface area (Å²) in [4.78, 5) is 11.5. The molecule has 0 amide bonds. The van der Waals surface area contributed by atoms with Gasteiger partial charge in [0.25, 0.3) is 5.56 Å². The molecular formula is C12H14F3NO3. The first-order chi connectivity index (χ1) is 8.97. The van der Waals surface area contributed by atoms with E-state index in [0.29, 0.717) is 19.6 Å². The SMILES string of the molecule is O=c1ccc(C(F)(F)F)cn1CCC1OCCCO1. The van der Waals surface area contributed by atoms with Gasteiger partial charge >= 0.3 is 6.18 Å². The number of hydrogen-bond donors (Lipinski definition) is 0. The molecule has 2 heterocycles. The van der Waals surface area contributed by atoms with Crippen LogP contribution >= 0.6 is 0 Å². The minimum Gasteiger partial charge on any atom is -0.353 e. The summed E-state index contributed by atoms with van der Waals surface area (Å²) in [5.41, 5.74) is -1.30. The molecule has 1 aromatic heterocycles. The third-order valence-corrected chi connectivity index (χ3v) is 2.81. The maximum Gasteiger partial charge on any atom is 0.417 e. The Morgan fingerprint density at radius 2 is 1.95 bits per heavy atom. The molecular weight excluding hydrogens is 263 g/mol. The van der Waals surface area contributed by atoms with Gasteiger partial charge in [-0.3, -0.25) is 4.79 Å². The van der Waals surface area contributed by atoms with Crippen LogP contribution in [0.3, 0.4) is 0 Å². The molecule has 19 heavy (non-hydrogen) atoms. The lowest BCUT2D eigenvalue weighted by atomic mass is 10.2. The van der Waals surface area contributed by atoms with Crippen molar-refractivity contribution in [3.8, 4) is 0 Å². The van der Waals surface area contributed by atoms with Crippen LogP contribution in [-0.2, 0) is 22.2 Å². The smallest absolute Gasteiger partial charge is 0.353 e. The van der Waals surface area contributed by atoms with Gasteiger partial charge in [0.15, 0.2) is 6.29 Å². The molecule has 106 valence electrons. The van der Waals surface area contributed by atoms with Gasteiger partial charge in [-0.25, -0.2) is 0 Å². The van der Waals surface area contributed by atoms with Crippen molar-refractivity contribution >= 4 is 0 Å². The van der Waals surface area contributed by atoms with Crippen molar-refractivity contribution in [2.45, 2.75) is 31.9 Å². The normalized spacial score (nSPS) is 17.6. The standard InChI is InChI=1S/C12H14F3NO3/c13-12(14,15)9-2-3-10(17)16(8-9)5-4-11-18-6-1-7-19-11/h2-3,8,11H,1,4-7H2. The van der Waals surface area contributed by atoms with Crippen LogP contribution in [0.25, 0.3) is 0 Å². The molecule has 0 atom stereocenters. The first-order valence-electron chi connectivity index (χ1n) is 5.98. The quantitative estimate of drug-likeness (QED) is 0.848. The van der Waals surface area contributed by atoms with Gasteiger partial charge in [0, 0.05) is 25.2 Å². The van der Waals surface area contributed by atoms with Crippen LogP contribution in [0.1, 0.15) is 18.4 Å². The highest BCUT2D eigenvalue weighted by molar-refractivity contribution is 5.13. The summed E-state index contributed by atoms with van der Waals surface area (Å²) in [5, 5.41) is 0. The van der Waals surface area contributed by atoms with E-state index < -0.39 is 23.6 Å². The summed E-state index contributed by atoms with van der Waals surface area (Å²) in [7, 11) is 0. The fraction of sp³-hybridized carbons (Fsp3) is 0.583. The molecule has 4 nitrogen and oxygen atoms in total. The molecule has 0 saturated carbocycles. The minimum absolute atomic E-state index is 0.132. The predicted octanol–water partition coefficient (Wildman–Crippen LogP) is 2.02. The van der Waals surface area contributed by atoms with Gasteiger partial charge in [0.1, 0.15) is 0 Å². The average molecular weight is 277 g/mol. The van der Waals surface area contributed by atoms with Crippen LogP contribution < -0.4 is 5.56 Å². The molecule has 0 bridgehead atoms. The zero-order valence-corrected chi connectivity index (χ0v) is 10.2. The molecule has 1 aromatic rings. The van der Waals surface area contributed by atoms with E-state index in [-0.39, 0.29) is 6.54 Å². The average Bonchev–Trinajstić information content (AvgIpc) is 2.37. The number of hydrogen-bond acceptors (Lipinski definition) is 3. The number of halogens is 3. The van der Waals surface area contributed by atoms with Crippen molar-refractivity contribution in [1.29, 1.82) is 0 Å². The number of aromatic nitrogens is 1. The molecule has 0 radical (unpaired) electrons. The Morgan fingerprint density at radius 1 is 1.26 bits per heavy atom. The summed E-state index contributed by atoms with van der Waals surface area (Å²) >= 11 is 0. The largest absolute Gasteiger partial charge is 0.417 e. The summed E-state index contributed by atoms with van der Waals surface area (Å²) in [6, 6.07) is 1.71. The second-order valence-electron chi connectivity index (χ2n) is 4.26. The van der Waals surface area contributed by atoms with Crippen LogP contribution in [0.5, 0.6) is 0 Å². The lowest BCUT2D eigenvalue weighted by Gasteiger charge is -2.23. The lowest BCUT2D eigenvalue weighted by molar-refractivity contribution is -0.182. The number of nitrogens with zero attached hydrogens (tertiary/aromatic N) is 1. The van der Waals surface area contributed by atoms with E-state index in [0.717, 1.165) is 29.3 Å². The van der Waals surface area contributed by atoms with Crippen LogP contribution in [0.2, 0.25) is 0 Å². The fourth-order valence-corrected chi connectivity index (χ4v) is 1.82. The van der Waals surface area contributed by atoms with Crippen LogP contribution in [0.15, 0.2) is 23.1 Å². The second-order valence-corrected chi connectivity index (χ2v) is 4.26. The van der Waals surface area contributed by atoms with Crippen molar-refractivity contribution in [2.24, 2.45) is 0 Å². The van der Waals surface area contributed by atoms with Gasteiger partial charge in [-0.15, -0.1) is 0 Å². The number of alkyl halides is 3. The molecule has 1 fully saturated rings. The first-order valence-corrected chi connectivity index (χ1v) is 5.98. The van der Waals surface area contributed by atoms with Gasteiger partial charge < -0.3 is 14.0 Å². The Bertz CT molecular complexity index is 478. The molecule has 7 heteroatoms. The third-order valence-electron chi connectivity index (χ3n) is 2.81. The molecule has 0 aromatic carbocycles. The van der Waals surface area contributed by atoms with E-state index >= 15 is 0 Å². The van der Waals surface area contributed by atoms with E-state index in [2.05, 4.69) is 0 Å². The summed E-state index contributed by atoms with van der Waals surface area (Å²) in [6.07, 6.45) is -2.92. The molecule has 0 unspecified atom stereocenters. The highest BCUT2D eigenvalue weighted by Crippen LogP contribution is 2.28. The first kappa shape index (κ1) is 14.1. The fourth-order valence-electron chi connectivity index (χ4n) is 1.82. The predicted molar refractivity (Wildman–Crippen MR) is 60.6 cm³/mol. The van der Waals surface area contributed by atoms with E-state index in [4.69, 9.17) is 9.47 Å². The van der Waals surface area contributed by atoms with E-state index in [1.165, 1.54) is 0 Å². The lowest BCUT2D eigenvalue weighted by Crippen LogP contribution is -2.28. The number of ether oxygens (including phenoxy) is 2. The van der Waals surface area contributed by atoms with Gasteiger partial charge in [0.2, 0.25) is 0 Å². The summed E-state index contributed by atoms with van der Waals surface area (Å²) in [5.74, 6) is 0.